The van der Waals surface area contributed by atoms with Crippen LogP contribution in [0.15, 0.2) is 30.3 Å². The first-order valence-electron chi connectivity index (χ1n) is 9.95. The summed E-state index contributed by atoms with van der Waals surface area (Å²) in [6.07, 6.45) is 5.03. The molecule has 0 atom stereocenters. The summed E-state index contributed by atoms with van der Waals surface area (Å²) in [5.41, 5.74) is 0.210. The lowest BCUT2D eigenvalue weighted by molar-refractivity contribution is -0.274. The minimum Gasteiger partial charge on any atom is -0.405 e. The summed E-state index contributed by atoms with van der Waals surface area (Å²) in [5.74, 6) is 0.211. The molecule has 0 radical (unpaired) electrons. The van der Waals surface area contributed by atoms with Gasteiger partial charge in [-0.15, -0.1) is 13.2 Å². The minimum absolute atomic E-state index is 0.110. The molecule has 2 fully saturated rings. The van der Waals surface area contributed by atoms with Crippen molar-refractivity contribution in [3.8, 4) is 5.75 Å². The van der Waals surface area contributed by atoms with Gasteiger partial charge in [-0.3, -0.25) is 4.79 Å². The van der Waals surface area contributed by atoms with Crippen molar-refractivity contribution in [2.75, 3.05) is 19.6 Å². The lowest BCUT2D eigenvalue weighted by Gasteiger charge is -2.33. The Morgan fingerprint density at radius 1 is 1.14 bits per heavy atom. The van der Waals surface area contributed by atoms with Crippen molar-refractivity contribution in [2.45, 2.75) is 50.9 Å². The second-order valence-electron chi connectivity index (χ2n) is 7.65. The van der Waals surface area contributed by atoms with E-state index in [-0.39, 0.29) is 23.3 Å². The molecule has 0 bridgehead atoms. The van der Waals surface area contributed by atoms with E-state index in [0.717, 1.165) is 38.4 Å². The first kappa shape index (κ1) is 20.7. The van der Waals surface area contributed by atoms with Crippen LogP contribution in [0.2, 0.25) is 0 Å². The predicted octanol–water partition coefficient (Wildman–Crippen LogP) is 4.37. The van der Waals surface area contributed by atoms with Gasteiger partial charge in [-0.25, -0.2) is 0 Å². The molecule has 3 rings (SSSR count). The molecule has 7 heteroatoms. The highest BCUT2D eigenvalue weighted by Gasteiger charge is 2.31. The molecule has 0 unspecified atom stereocenters. The number of halogens is 3. The van der Waals surface area contributed by atoms with E-state index in [4.69, 9.17) is 0 Å². The van der Waals surface area contributed by atoms with Crippen molar-refractivity contribution in [3.05, 3.63) is 35.9 Å². The quantitative estimate of drug-likeness (QED) is 0.726. The van der Waals surface area contributed by atoms with Gasteiger partial charge in [0, 0.05) is 37.3 Å². The molecule has 154 valence electrons. The Kier molecular flexibility index (Phi) is 6.99. The number of hydrogen-bond acceptors (Lipinski definition) is 3. The Morgan fingerprint density at radius 3 is 2.50 bits per heavy atom. The number of hydrogen-bond donors (Lipinski definition) is 1. The van der Waals surface area contributed by atoms with E-state index >= 15 is 0 Å². The number of alkyl halides is 3. The number of rotatable bonds is 6. The molecule has 2 aliphatic rings. The molecule has 0 spiro atoms. The molecule has 1 amide bonds. The number of benzene rings is 1. The average Bonchev–Trinajstić information content (AvgIpc) is 3.14. The van der Waals surface area contributed by atoms with E-state index < -0.39 is 6.36 Å². The minimum atomic E-state index is -4.77. The summed E-state index contributed by atoms with van der Waals surface area (Å²) in [7, 11) is 0. The van der Waals surface area contributed by atoms with Crippen LogP contribution < -0.4 is 10.1 Å². The fraction of sp³-hybridized carbons (Fsp3) is 0.571. The average molecular weight is 396 g/mol. The Bertz CT molecular complexity index is 676. The van der Waals surface area contributed by atoms with Gasteiger partial charge in [0.05, 0.1) is 0 Å². The number of likely N-dealkylation sites (tertiary alicyclic amines) is 1. The fourth-order valence-electron chi connectivity index (χ4n) is 4.07. The molecular formula is C21H27F3N2O2. The molecule has 1 saturated carbocycles. The van der Waals surface area contributed by atoms with E-state index in [2.05, 4.69) is 15.0 Å². The van der Waals surface area contributed by atoms with Gasteiger partial charge in [0.15, 0.2) is 0 Å². The Labute approximate surface area is 163 Å². The molecule has 4 nitrogen and oxygen atoms in total. The van der Waals surface area contributed by atoms with E-state index in [9.17, 15) is 18.0 Å². The van der Waals surface area contributed by atoms with Crippen LogP contribution in [0.25, 0.3) is 6.08 Å². The van der Waals surface area contributed by atoms with Crippen LogP contribution in [-0.4, -0.2) is 42.8 Å². The van der Waals surface area contributed by atoms with Crippen LogP contribution in [0.5, 0.6) is 5.75 Å². The van der Waals surface area contributed by atoms with Gasteiger partial charge in [0.25, 0.3) is 0 Å². The molecule has 28 heavy (non-hydrogen) atoms. The highest BCUT2D eigenvalue weighted by molar-refractivity contribution is 5.92. The van der Waals surface area contributed by atoms with Crippen molar-refractivity contribution in [1.29, 1.82) is 0 Å². The van der Waals surface area contributed by atoms with Crippen molar-refractivity contribution < 1.29 is 22.7 Å². The SMILES string of the molecule is O=C(/C=C/c1ccccc1OC(F)(F)F)NC1CCN(CC2CCCC2)CC1. The van der Waals surface area contributed by atoms with Crippen LogP contribution in [0.3, 0.4) is 0 Å². The van der Waals surface area contributed by atoms with Gasteiger partial charge < -0.3 is 15.0 Å². The molecule has 1 aliphatic carbocycles. The molecule has 0 aromatic heterocycles. The fourth-order valence-corrected chi connectivity index (χ4v) is 4.07. The topological polar surface area (TPSA) is 41.6 Å². The van der Waals surface area contributed by atoms with Crippen LogP contribution in [0.4, 0.5) is 13.2 Å². The molecule has 1 saturated heterocycles. The van der Waals surface area contributed by atoms with Crippen molar-refractivity contribution in [3.63, 3.8) is 0 Å². The number of nitrogens with one attached hydrogen (secondary N) is 1. The zero-order valence-corrected chi connectivity index (χ0v) is 15.9. The monoisotopic (exact) mass is 396 g/mol. The normalized spacial score (nSPS) is 20.0. The number of carbonyl (C=O) groups excluding carboxylic acids is 1. The number of para-hydroxylation sites is 1. The molecule has 1 N–H and O–H groups in total. The highest BCUT2D eigenvalue weighted by Crippen LogP contribution is 2.28. The van der Waals surface area contributed by atoms with E-state index in [1.54, 1.807) is 6.07 Å². The van der Waals surface area contributed by atoms with Gasteiger partial charge in [-0.1, -0.05) is 31.0 Å². The Balaban J connectivity index is 1.46. The highest BCUT2D eigenvalue weighted by atomic mass is 19.4. The molecule has 1 aliphatic heterocycles. The van der Waals surface area contributed by atoms with Crippen molar-refractivity contribution in [1.82, 2.24) is 10.2 Å². The van der Waals surface area contributed by atoms with Crippen molar-refractivity contribution >= 4 is 12.0 Å². The summed E-state index contributed by atoms with van der Waals surface area (Å²) in [5, 5.41) is 2.96. The number of nitrogens with zero attached hydrogens (tertiary/aromatic N) is 1. The number of amides is 1. The van der Waals surface area contributed by atoms with Gasteiger partial charge in [-0.05, 0) is 43.7 Å². The maximum atomic E-state index is 12.5. The molecular weight excluding hydrogens is 369 g/mol. The van der Waals surface area contributed by atoms with Crippen LogP contribution in [0.1, 0.15) is 44.1 Å². The van der Waals surface area contributed by atoms with Crippen LogP contribution in [0, 0.1) is 5.92 Å². The van der Waals surface area contributed by atoms with Crippen LogP contribution in [-0.2, 0) is 4.79 Å². The van der Waals surface area contributed by atoms with E-state index in [1.165, 1.54) is 56.0 Å². The number of piperidine rings is 1. The molecule has 1 heterocycles. The van der Waals surface area contributed by atoms with Gasteiger partial charge >= 0.3 is 6.36 Å². The summed E-state index contributed by atoms with van der Waals surface area (Å²) >= 11 is 0. The van der Waals surface area contributed by atoms with Gasteiger partial charge in [0.2, 0.25) is 5.91 Å². The first-order valence-corrected chi connectivity index (χ1v) is 9.95. The van der Waals surface area contributed by atoms with Crippen LogP contribution >= 0.6 is 0 Å². The smallest absolute Gasteiger partial charge is 0.405 e. The third-order valence-corrected chi connectivity index (χ3v) is 5.48. The maximum absolute atomic E-state index is 12.5. The third kappa shape index (κ3) is 6.55. The zero-order chi connectivity index (χ0) is 20.0. The second-order valence-corrected chi connectivity index (χ2v) is 7.65. The number of carbonyl (C=O) groups is 1. The summed E-state index contributed by atoms with van der Waals surface area (Å²) in [6, 6.07) is 5.87. The van der Waals surface area contributed by atoms with Crippen molar-refractivity contribution in [2.24, 2.45) is 5.92 Å². The largest absolute Gasteiger partial charge is 0.573 e. The molecule has 1 aromatic rings. The Hall–Kier alpha value is -2.02. The van der Waals surface area contributed by atoms with E-state index in [1.807, 2.05) is 0 Å². The maximum Gasteiger partial charge on any atom is 0.573 e. The second kappa shape index (κ2) is 9.45. The third-order valence-electron chi connectivity index (χ3n) is 5.48. The standard InChI is InChI=1S/C21H27F3N2O2/c22-21(23,24)28-19-8-4-3-7-17(19)9-10-20(27)25-18-11-13-26(14-12-18)15-16-5-1-2-6-16/h3-4,7-10,16,18H,1-2,5-6,11-15H2,(H,25,27)/b10-9+. The first-order chi connectivity index (χ1) is 13.4. The van der Waals surface area contributed by atoms with E-state index in [0.29, 0.717) is 0 Å². The zero-order valence-electron chi connectivity index (χ0n) is 15.9. The summed E-state index contributed by atoms with van der Waals surface area (Å²) in [6.45, 7) is 3.12. The molecule has 1 aromatic carbocycles. The summed E-state index contributed by atoms with van der Waals surface area (Å²) in [4.78, 5) is 14.7. The van der Waals surface area contributed by atoms with Gasteiger partial charge in [0.1, 0.15) is 5.75 Å². The summed E-state index contributed by atoms with van der Waals surface area (Å²) < 4.78 is 41.4. The van der Waals surface area contributed by atoms with Gasteiger partial charge in [-0.2, -0.15) is 0 Å². The number of ether oxygens (including phenoxy) is 1. The lowest BCUT2D eigenvalue weighted by atomic mass is 10.0. The lowest BCUT2D eigenvalue weighted by Crippen LogP contribution is -2.45. The predicted molar refractivity (Wildman–Crippen MR) is 102 cm³/mol. The Morgan fingerprint density at radius 2 is 1.82 bits per heavy atom.